The van der Waals surface area contributed by atoms with Crippen molar-refractivity contribution in [1.82, 2.24) is 5.32 Å². The molecule has 1 saturated heterocycles. The number of rotatable bonds is 1. The summed E-state index contributed by atoms with van der Waals surface area (Å²) in [6.07, 6.45) is 4.58. The number of anilines is 1. The highest BCUT2D eigenvalue weighted by atomic mass is 79.9. The maximum atomic E-state index is 14.2. The Morgan fingerprint density at radius 1 is 1.25 bits per heavy atom. The topological polar surface area (TPSA) is 15.3 Å². The average molecular weight is 345 g/mol. The smallest absolute Gasteiger partial charge is 0.150 e. The molecule has 1 unspecified atom stereocenters. The first kappa shape index (κ1) is 14.3. The molecule has 1 aliphatic carbocycles. The molecule has 20 heavy (non-hydrogen) atoms. The van der Waals surface area contributed by atoms with Crippen molar-refractivity contribution in [3.05, 3.63) is 28.2 Å². The van der Waals surface area contributed by atoms with Crippen LogP contribution in [0.1, 0.15) is 32.6 Å². The van der Waals surface area contributed by atoms with Crippen LogP contribution in [0.25, 0.3) is 0 Å². The summed E-state index contributed by atoms with van der Waals surface area (Å²) >= 11 is 3.14. The molecule has 2 fully saturated rings. The lowest BCUT2D eigenvalue weighted by atomic mass is 9.92. The molecule has 5 heteroatoms. The third-order valence-corrected chi connectivity index (χ3v) is 5.06. The first-order valence-corrected chi connectivity index (χ1v) is 7.96. The lowest BCUT2D eigenvalue weighted by molar-refractivity contribution is 0.274. The predicted octanol–water partition coefficient (Wildman–Crippen LogP) is 3.84. The summed E-state index contributed by atoms with van der Waals surface area (Å²) in [4.78, 5) is 1.90. The van der Waals surface area contributed by atoms with Crippen molar-refractivity contribution in [3.63, 3.8) is 0 Å². The Morgan fingerprint density at radius 2 is 1.85 bits per heavy atom. The van der Waals surface area contributed by atoms with Gasteiger partial charge >= 0.3 is 0 Å². The molecule has 1 aromatic rings. The van der Waals surface area contributed by atoms with Crippen molar-refractivity contribution in [2.45, 2.75) is 44.2 Å². The molecule has 110 valence electrons. The lowest BCUT2D eigenvalue weighted by Crippen LogP contribution is -2.63. The second-order valence-corrected chi connectivity index (χ2v) is 6.98. The molecular weight excluding hydrogens is 326 g/mol. The van der Waals surface area contributed by atoms with Gasteiger partial charge in [-0.15, -0.1) is 0 Å². The van der Waals surface area contributed by atoms with Crippen molar-refractivity contribution in [2.24, 2.45) is 0 Å². The van der Waals surface area contributed by atoms with E-state index in [0.717, 1.165) is 19.4 Å². The predicted molar refractivity (Wildman–Crippen MR) is 80.1 cm³/mol. The van der Waals surface area contributed by atoms with Crippen molar-refractivity contribution in [3.8, 4) is 0 Å². The Bertz CT molecular complexity index is 492. The Kier molecular flexibility index (Phi) is 3.75. The minimum Gasteiger partial charge on any atom is -0.361 e. The highest BCUT2D eigenvalue weighted by molar-refractivity contribution is 9.10. The summed E-state index contributed by atoms with van der Waals surface area (Å²) in [5, 5.41) is 3.60. The standard InChI is InChI=1S/C15H19BrF2N2/c1-10-8-19-15(4-2-3-5-15)9-20(10)14-12(17)6-11(16)7-13(14)18/h6-7,10,19H,2-5,8-9H2,1H3. The number of nitrogens with one attached hydrogen (secondary N) is 1. The fraction of sp³-hybridized carbons (Fsp3) is 0.600. The molecular formula is C15H19BrF2N2. The Labute approximate surface area is 126 Å². The second kappa shape index (κ2) is 5.26. The summed E-state index contributed by atoms with van der Waals surface area (Å²) in [7, 11) is 0. The van der Waals surface area contributed by atoms with Gasteiger partial charge in [-0.05, 0) is 31.9 Å². The van der Waals surface area contributed by atoms with Crippen LogP contribution in [0.3, 0.4) is 0 Å². The number of hydrogen-bond acceptors (Lipinski definition) is 2. The van der Waals surface area contributed by atoms with E-state index >= 15 is 0 Å². The average Bonchev–Trinajstić information content (AvgIpc) is 2.81. The minimum atomic E-state index is -0.487. The van der Waals surface area contributed by atoms with Gasteiger partial charge in [0, 0.05) is 29.1 Å². The van der Waals surface area contributed by atoms with E-state index in [9.17, 15) is 8.78 Å². The van der Waals surface area contributed by atoms with Gasteiger partial charge in [-0.1, -0.05) is 28.8 Å². The molecule has 1 heterocycles. The zero-order valence-corrected chi connectivity index (χ0v) is 13.1. The van der Waals surface area contributed by atoms with E-state index in [4.69, 9.17) is 0 Å². The van der Waals surface area contributed by atoms with Gasteiger partial charge in [0.2, 0.25) is 0 Å². The monoisotopic (exact) mass is 344 g/mol. The third kappa shape index (κ3) is 2.46. The van der Waals surface area contributed by atoms with Gasteiger partial charge in [0.25, 0.3) is 0 Å². The van der Waals surface area contributed by atoms with Crippen LogP contribution < -0.4 is 10.2 Å². The molecule has 2 nitrogen and oxygen atoms in total. The highest BCUT2D eigenvalue weighted by Crippen LogP contribution is 2.37. The van der Waals surface area contributed by atoms with Gasteiger partial charge < -0.3 is 10.2 Å². The van der Waals surface area contributed by atoms with Crippen LogP contribution >= 0.6 is 15.9 Å². The molecule has 1 aromatic carbocycles. The van der Waals surface area contributed by atoms with Crippen molar-refractivity contribution >= 4 is 21.6 Å². The zero-order valence-electron chi connectivity index (χ0n) is 11.6. The van der Waals surface area contributed by atoms with Gasteiger partial charge in [0.15, 0.2) is 11.6 Å². The molecule has 1 spiro atoms. The molecule has 1 aliphatic heterocycles. The van der Waals surface area contributed by atoms with Gasteiger partial charge in [-0.3, -0.25) is 0 Å². The van der Waals surface area contributed by atoms with Crippen LogP contribution in [0.5, 0.6) is 0 Å². The molecule has 0 amide bonds. The van der Waals surface area contributed by atoms with Crippen LogP contribution in [0, 0.1) is 11.6 Å². The summed E-state index contributed by atoms with van der Waals surface area (Å²) in [5.41, 5.74) is 0.159. The van der Waals surface area contributed by atoms with Gasteiger partial charge in [-0.25, -0.2) is 8.78 Å². The van der Waals surface area contributed by atoms with Crippen LogP contribution in [0.15, 0.2) is 16.6 Å². The summed E-state index contributed by atoms with van der Waals surface area (Å²) < 4.78 is 28.9. The van der Waals surface area contributed by atoms with E-state index in [1.807, 2.05) is 11.8 Å². The number of halogens is 3. The summed E-state index contributed by atoms with van der Waals surface area (Å²) in [6.45, 7) is 3.47. The number of benzene rings is 1. The van der Waals surface area contributed by atoms with Crippen molar-refractivity contribution in [1.29, 1.82) is 0 Å². The Morgan fingerprint density at radius 3 is 2.45 bits per heavy atom. The molecule has 0 bridgehead atoms. The maximum absolute atomic E-state index is 14.2. The first-order chi connectivity index (χ1) is 9.51. The molecule has 1 N–H and O–H groups in total. The molecule has 1 saturated carbocycles. The van der Waals surface area contributed by atoms with Crippen LogP contribution in [-0.2, 0) is 0 Å². The molecule has 3 rings (SSSR count). The quantitative estimate of drug-likeness (QED) is 0.832. The molecule has 2 aliphatic rings. The van der Waals surface area contributed by atoms with E-state index in [1.54, 1.807) is 0 Å². The molecule has 1 atom stereocenters. The van der Waals surface area contributed by atoms with Crippen LogP contribution in [0.4, 0.5) is 14.5 Å². The van der Waals surface area contributed by atoms with Crippen molar-refractivity contribution in [2.75, 3.05) is 18.0 Å². The second-order valence-electron chi connectivity index (χ2n) is 6.06. The fourth-order valence-corrected chi connectivity index (χ4v) is 3.91. The summed E-state index contributed by atoms with van der Waals surface area (Å²) in [5.74, 6) is -0.974. The van der Waals surface area contributed by atoms with E-state index in [0.29, 0.717) is 11.0 Å². The number of hydrogen-bond donors (Lipinski definition) is 1. The normalized spacial score (nSPS) is 25.4. The van der Waals surface area contributed by atoms with Crippen LogP contribution in [-0.4, -0.2) is 24.7 Å². The molecule has 0 aromatic heterocycles. The zero-order chi connectivity index (χ0) is 14.3. The molecule has 0 radical (unpaired) electrons. The lowest BCUT2D eigenvalue weighted by Gasteiger charge is -2.46. The van der Waals surface area contributed by atoms with E-state index in [1.165, 1.54) is 25.0 Å². The van der Waals surface area contributed by atoms with Crippen LogP contribution in [0.2, 0.25) is 0 Å². The third-order valence-electron chi connectivity index (χ3n) is 4.61. The maximum Gasteiger partial charge on any atom is 0.150 e. The largest absolute Gasteiger partial charge is 0.361 e. The number of nitrogens with zero attached hydrogens (tertiary/aromatic N) is 1. The van der Waals surface area contributed by atoms with Crippen molar-refractivity contribution < 1.29 is 8.78 Å². The minimum absolute atomic E-state index is 0.0401. The van der Waals surface area contributed by atoms with Gasteiger partial charge in [0.05, 0.1) is 0 Å². The number of piperazine rings is 1. The van der Waals surface area contributed by atoms with E-state index in [2.05, 4.69) is 21.2 Å². The Balaban J connectivity index is 1.95. The van der Waals surface area contributed by atoms with Gasteiger partial charge in [-0.2, -0.15) is 0 Å². The van der Waals surface area contributed by atoms with E-state index < -0.39 is 11.6 Å². The van der Waals surface area contributed by atoms with Gasteiger partial charge in [0.1, 0.15) is 5.69 Å². The fourth-order valence-electron chi connectivity index (χ4n) is 3.51. The first-order valence-electron chi connectivity index (χ1n) is 7.17. The van der Waals surface area contributed by atoms with E-state index in [-0.39, 0.29) is 17.3 Å². The Hall–Kier alpha value is -0.680. The SMILES string of the molecule is CC1CNC2(CCCC2)CN1c1c(F)cc(Br)cc1F. The highest BCUT2D eigenvalue weighted by Gasteiger charge is 2.41. The summed E-state index contributed by atoms with van der Waals surface area (Å²) in [6, 6.07) is 2.77.